The third kappa shape index (κ3) is 22.0. The number of ether oxygens (including phenoxy) is 5. The van der Waals surface area contributed by atoms with E-state index in [1.807, 2.05) is 18.2 Å². The van der Waals surface area contributed by atoms with Gasteiger partial charge in [0, 0.05) is 6.61 Å². The molecule has 0 heterocycles. The smallest absolute Gasteiger partial charge is 1.00 e. The molecule has 0 aliphatic heterocycles. The monoisotopic (exact) mass is 616 g/mol. The first-order valence-corrected chi connectivity index (χ1v) is 10.4. The Morgan fingerprint density at radius 1 is 0.593 bits per heavy atom. The van der Waals surface area contributed by atoms with Crippen LogP contribution in [0.3, 0.4) is 0 Å². The Bertz CT molecular complexity index is 388. The van der Waals surface area contributed by atoms with Crippen LogP contribution in [0.25, 0.3) is 0 Å². The molecule has 8 heteroatoms. The second-order valence-corrected chi connectivity index (χ2v) is 6.46. The van der Waals surface area contributed by atoms with E-state index in [0.29, 0.717) is 59.5 Å². The van der Waals surface area contributed by atoms with Crippen molar-refractivity contribution in [1.82, 2.24) is 0 Å². The molecule has 0 unspecified atom stereocenters. The van der Waals surface area contributed by atoms with Gasteiger partial charge >= 0.3 is 29.6 Å². The fraction of sp³-hybridized carbons (Fsp3) is 0.684. The van der Waals surface area contributed by atoms with Gasteiger partial charge in [-0.2, -0.15) is 0 Å². The van der Waals surface area contributed by atoms with Gasteiger partial charge in [0.1, 0.15) is 0 Å². The first-order valence-electron chi connectivity index (χ1n) is 8.92. The average molecular weight is 616 g/mol. The van der Waals surface area contributed by atoms with Crippen molar-refractivity contribution in [3.63, 3.8) is 0 Å². The summed E-state index contributed by atoms with van der Waals surface area (Å²) >= 11 is 2.38. The summed E-state index contributed by atoms with van der Waals surface area (Å²) in [6.07, 6.45) is 2.35. The summed E-state index contributed by atoms with van der Waals surface area (Å²) in [7, 11) is 0. The number of halogens is 2. The molecule has 1 aromatic carbocycles. The van der Waals surface area contributed by atoms with Gasteiger partial charge < -0.3 is 47.7 Å². The third-order valence-electron chi connectivity index (χ3n) is 3.27. The Balaban J connectivity index is 0. The summed E-state index contributed by atoms with van der Waals surface area (Å²) in [5.74, 6) is 0. The largest absolute Gasteiger partial charge is 1.00 e. The van der Waals surface area contributed by atoms with E-state index in [9.17, 15) is 0 Å². The summed E-state index contributed by atoms with van der Waals surface area (Å²) in [6.45, 7) is 6.26. The van der Waals surface area contributed by atoms with Crippen molar-refractivity contribution >= 4 is 22.6 Å². The van der Waals surface area contributed by atoms with Crippen LogP contribution in [0.4, 0.5) is 0 Å². The fourth-order valence-corrected chi connectivity index (χ4v) is 2.48. The molecule has 0 aromatic heterocycles. The van der Waals surface area contributed by atoms with Crippen LogP contribution in [0.15, 0.2) is 30.3 Å². The summed E-state index contributed by atoms with van der Waals surface area (Å²) < 4.78 is 28.5. The number of hydrogen-bond acceptors (Lipinski definition) is 5. The van der Waals surface area contributed by atoms with E-state index in [0.717, 1.165) is 13.0 Å². The molecule has 0 N–H and O–H groups in total. The minimum absolute atomic E-state index is 0. The Hall–Kier alpha value is 1.48. The van der Waals surface area contributed by atoms with Gasteiger partial charge in [-0.05, 0) is 22.8 Å². The predicted molar refractivity (Wildman–Crippen MR) is 107 cm³/mol. The van der Waals surface area contributed by atoms with Crippen molar-refractivity contribution in [3.8, 4) is 0 Å². The average Bonchev–Trinajstić information content (AvgIpc) is 2.65. The van der Waals surface area contributed by atoms with Gasteiger partial charge in [-0.25, -0.2) is 0 Å². The summed E-state index contributed by atoms with van der Waals surface area (Å²) in [5.41, 5.74) is 1.18. The Kier molecular flexibility index (Phi) is 29.0. The van der Waals surface area contributed by atoms with Crippen LogP contribution in [0.1, 0.15) is 18.4 Å². The quantitative estimate of drug-likeness (QED) is 0.0791. The van der Waals surface area contributed by atoms with Crippen LogP contribution < -0.4 is 53.5 Å². The molecule has 0 saturated heterocycles. The minimum atomic E-state index is 0. The van der Waals surface area contributed by atoms with E-state index in [2.05, 4.69) is 34.7 Å². The molecule has 0 saturated carbocycles. The molecule has 0 aliphatic carbocycles. The number of hydrogen-bond donors (Lipinski definition) is 0. The SMILES string of the molecule is ICCCCOCCOCCOCCOCCOCc1ccccc1.[I-].[Na+]. The van der Waals surface area contributed by atoms with Gasteiger partial charge in [-0.1, -0.05) is 52.9 Å². The molecule has 152 valence electrons. The Morgan fingerprint density at radius 2 is 1.04 bits per heavy atom. The zero-order valence-electron chi connectivity index (χ0n) is 16.4. The zero-order chi connectivity index (χ0) is 17.8. The van der Waals surface area contributed by atoms with Crippen LogP contribution in [-0.2, 0) is 30.3 Å². The first kappa shape index (κ1) is 30.7. The van der Waals surface area contributed by atoms with Gasteiger partial charge in [0.05, 0.1) is 59.5 Å². The molecular formula is C19H31I2NaO5. The number of benzene rings is 1. The molecule has 1 aromatic rings. The number of rotatable bonds is 18. The number of unbranched alkanes of at least 4 members (excludes halogenated alkanes) is 1. The molecule has 0 atom stereocenters. The standard InChI is InChI=1S/C19H31IO5.HI.Na/c20-8-4-5-9-21-10-11-22-12-13-23-14-15-24-16-17-25-18-19-6-2-1-3-7-19;;/h1-3,6-7H,4-5,8-18H2;1H;/q;;+1/p-1. The second kappa shape index (κ2) is 25.5. The summed E-state index contributed by atoms with van der Waals surface area (Å²) in [6, 6.07) is 10.1. The topological polar surface area (TPSA) is 46.2 Å². The van der Waals surface area contributed by atoms with Crippen LogP contribution in [-0.4, -0.2) is 63.9 Å². The molecule has 0 bridgehead atoms. The van der Waals surface area contributed by atoms with E-state index in [4.69, 9.17) is 23.7 Å². The maximum absolute atomic E-state index is 5.54. The third-order valence-corrected chi connectivity index (χ3v) is 4.03. The molecule has 5 nitrogen and oxygen atoms in total. The van der Waals surface area contributed by atoms with Crippen LogP contribution in [0.5, 0.6) is 0 Å². The van der Waals surface area contributed by atoms with Crippen molar-refractivity contribution in [2.75, 3.05) is 63.9 Å². The molecule has 0 radical (unpaired) electrons. The van der Waals surface area contributed by atoms with Gasteiger partial charge in [0.15, 0.2) is 0 Å². The minimum Gasteiger partial charge on any atom is -1.00 e. The van der Waals surface area contributed by atoms with E-state index in [1.165, 1.54) is 16.4 Å². The van der Waals surface area contributed by atoms with E-state index in [1.54, 1.807) is 0 Å². The summed E-state index contributed by atoms with van der Waals surface area (Å²) in [4.78, 5) is 0. The zero-order valence-corrected chi connectivity index (χ0v) is 22.7. The second-order valence-electron chi connectivity index (χ2n) is 5.38. The van der Waals surface area contributed by atoms with Crippen LogP contribution >= 0.6 is 22.6 Å². The van der Waals surface area contributed by atoms with Crippen LogP contribution in [0.2, 0.25) is 0 Å². The molecular weight excluding hydrogens is 585 g/mol. The van der Waals surface area contributed by atoms with E-state index >= 15 is 0 Å². The van der Waals surface area contributed by atoms with Gasteiger partial charge in [0.2, 0.25) is 0 Å². The number of alkyl halides is 1. The van der Waals surface area contributed by atoms with Gasteiger partial charge in [0.25, 0.3) is 0 Å². The molecule has 0 fully saturated rings. The maximum Gasteiger partial charge on any atom is 1.00 e. The van der Waals surface area contributed by atoms with Crippen molar-refractivity contribution in [2.24, 2.45) is 0 Å². The van der Waals surface area contributed by atoms with Gasteiger partial charge in [-0.15, -0.1) is 0 Å². The van der Waals surface area contributed by atoms with Crippen molar-refractivity contribution < 1.29 is 77.2 Å². The normalized spacial score (nSPS) is 10.3. The van der Waals surface area contributed by atoms with Gasteiger partial charge in [-0.3, -0.25) is 0 Å². The molecule has 0 amide bonds. The molecule has 0 aliphatic rings. The van der Waals surface area contributed by atoms with Crippen molar-refractivity contribution in [3.05, 3.63) is 35.9 Å². The molecule has 1 rings (SSSR count). The first-order chi connectivity index (χ1) is 12.4. The predicted octanol–water partition coefficient (Wildman–Crippen LogP) is -2.51. The maximum atomic E-state index is 5.54. The van der Waals surface area contributed by atoms with Crippen molar-refractivity contribution in [1.29, 1.82) is 0 Å². The summed E-state index contributed by atoms with van der Waals surface area (Å²) in [5, 5.41) is 0. The van der Waals surface area contributed by atoms with Crippen molar-refractivity contribution in [2.45, 2.75) is 19.4 Å². The molecule has 0 spiro atoms. The van der Waals surface area contributed by atoms with Crippen LogP contribution in [0, 0.1) is 0 Å². The Labute approximate surface area is 217 Å². The Morgan fingerprint density at radius 3 is 1.52 bits per heavy atom. The van der Waals surface area contributed by atoms with E-state index in [-0.39, 0.29) is 53.5 Å². The molecule has 27 heavy (non-hydrogen) atoms. The van der Waals surface area contributed by atoms with E-state index < -0.39 is 0 Å². The fourth-order valence-electron chi connectivity index (χ4n) is 1.94.